The van der Waals surface area contributed by atoms with E-state index in [2.05, 4.69) is 13.8 Å². The van der Waals surface area contributed by atoms with E-state index in [1.54, 1.807) is 0 Å². The average Bonchev–Trinajstić information content (AvgIpc) is 2.33. The first-order valence-electron chi connectivity index (χ1n) is 6.47. The minimum atomic E-state index is -1.16. The van der Waals surface area contributed by atoms with Crippen molar-refractivity contribution in [3.63, 3.8) is 0 Å². The number of piperidine rings is 1. The van der Waals surface area contributed by atoms with E-state index in [0.717, 1.165) is 19.3 Å². The van der Waals surface area contributed by atoms with Gasteiger partial charge in [0.2, 0.25) is 0 Å². The second kappa shape index (κ2) is 6.66. The Kier molecular flexibility index (Phi) is 5.82. The van der Waals surface area contributed by atoms with Crippen LogP contribution in [-0.4, -0.2) is 68.9 Å². The molecule has 0 bridgehead atoms. The summed E-state index contributed by atoms with van der Waals surface area (Å²) in [4.78, 5) is 1.94. The topological polar surface area (TPSA) is 84.2 Å². The molecule has 0 radical (unpaired) electrons. The molecule has 17 heavy (non-hydrogen) atoms. The SMILES string of the molecule is CCCC(CC)N1C[C@H](O)[C@@H](O)[C@H](O)C1CO. The molecule has 0 saturated carbocycles. The van der Waals surface area contributed by atoms with Crippen LogP contribution in [0.1, 0.15) is 33.1 Å². The zero-order chi connectivity index (χ0) is 13.0. The van der Waals surface area contributed by atoms with Gasteiger partial charge in [-0.1, -0.05) is 20.3 Å². The summed E-state index contributed by atoms with van der Waals surface area (Å²) in [5, 5.41) is 38.6. The van der Waals surface area contributed by atoms with Crippen LogP contribution in [0.25, 0.3) is 0 Å². The molecule has 0 aromatic rings. The molecule has 1 aliphatic heterocycles. The Balaban J connectivity index is 2.80. The summed E-state index contributed by atoms with van der Waals surface area (Å²) in [5.41, 5.74) is 0. The van der Waals surface area contributed by atoms with E-state index in [1.807, 2.05) is 4.90 Å². The molecule has 0 amide bonds. The van der Waals surface area contributed by atoms with E-state index in [9.17, 15) is 20.4 Å². The van der Waals surface area contributed by atoms with Crippen LogP contribution in [0.4, 0.5) is 0 Å². The lowest BCUT2D eigenvalue weighted by molar-refractivity contribution is -0.155. The van der Waals surface area contributed by atoms with Crippen molar-refractivity contribution in [1.29, 1.82) is 0 Å². The molecular weight excluding hydrogens is 222 g/mol. The maximum Gasteiger partial charge on any atom is 0.109 e. The van der Waals surface area contributed by atoms with E-state index >= 15 is 0 Å². The predicted molar refractivity (Wildman–Crippen MR) is 64.6 cm³/mol. The number of aliphatic hydroxyl groups is 4. The van der Waals surface area contributed by atoms with Crippen LogP contribution in [0.2, 0.25) is 0 Å². The highest BCUT2D eigenvalue weighted by Gasteiger charge is 2.42. The fourth-order valence-electron chi connectivity index (χ4n) is 2.68. The molecule has 2 unspecified atom stereocenters. The number of rotatable bonds is 5. The van der Waals surface area contributed by atoms with E-state index < -0.39 is 24.4 Å². The zero-order valence-electron chi connectivity index (χ0n) is 10.7. The Morgan fingerprint density at radius 1 is 1.18 bits per heavy atom. The summed E-state index contributed by atoms with van der Waals surface area (Å²) >= 11 is 0. The van der Waals surface area contributed by atoms with Gasteiger partial charge in [-0.2, -0.15) is 0 Å². The van der Waals surface area contributed by atoms with Gasteiger partial charge in [0.05, 0.1) is 18.8 Å². The van der Waals surface area contributed by atoms with Crippen molar-refractivity contribution in [3.05, 3.63) is 0 Å². The van der Waals surface area contributed by atoms with Crippen molar-refractivity contribution in [2.24, 2.45) is 0 Å². The second-order valence-corrected chi connectivity index (χ2v) is 4.85. The van der Waals surface area contributed by atoms with Crippen molar-refractivity contribution in [3.8, 4) is 0 Å². The number of hydrogen-bond donors (Lipinski definition) is 4. The van der Waals surface area contributed by atoms with Gasteiger partial charge in [-0.3, -0.25) is 4.90 Å². The number of nitrogens with zero attached hydrogens (tertiary/aromatic N) is 1. The summed E-state index contributed by atoms with van der Waals surface area (Å²) < 4.78 is 0. The van der Waals surface area contributed by atoms with Crippen molar-refractivity contribution in [2.45, 2.75) is 63.5 Å². The Labute approximate surface area is 103 Å². The van der Waals surface area contributed by atoms with E-state index in [1.165, 1.54) is 0 Å². The second-order valence-electron chi connectivity index (χ2n) is 4.85. The molecule has 1 rings (SSSR count). The molecule has 0 aliphatic carbocycles. The largest absolute Gasteiger partial charge is 0.395 e. The molecule has 5 nitrogen and oxygen atoms in total. The van der Waals surface area contributed by atoms with E-state index in [4.69, 9.17) is 0 Å². The maximum atomic E-state index is 9.88. The first-order valence-corrected chi connectivity index (χ1v) is 6.47. The number of likely N-dealkylation sites (tertiary alicyclic amines) is 1. The van der Waals surface area contributed by atoms with Crippen molar-refractivity contribution < 1.29 is 20.4 Å². The van der Waals surface area contributed by atoms with Crippen LogP contribution in [0.5, 0.6) is 0 Å². The fraction of sp³-hybridized carbons (Fsp3) is 1.00. The van der Waals surface area contributed by atoms with Crippen LogP contribution in [0.3, 0.4) is 0 Å². The predicted octanol–water partition coefficient (Wildman–Crippen LogP) is -0.676. The number of aliphatic hydroxyl groups excluding tert-OH is 4. The van der Waals surface area contributed by atoms with Gasteiger partial charge >= 0.3 is 0 Å². The maximum absolute atomic E-state index is 9.88. The van der Waals surface area contributed by atoms with Crippen molar-refractivity contribution in [1.82, 2.24) is 4.90 Å². The van der Waals surface area contributed by atoms with E-state index in [0.29, 0.717) is 6.54 Å². The lowest BCUT2D eigenvalue weighted by Crippen LogP contribution is -2.64. The van der Waals surface area contributed by atoms with Crippen molar-refractivity contribution >= 4 is 0 Å². The molecule has 0 aromatic carbocycles. The van der Waals surface area contributed by atoms with Gasteiger partial charge in [-0.25, -0.2) is 0 Å². The minimum Gasteiger partial charge on any atom is -0.395 e. The highest BCUT2D eigenvalue weighted by Crippen LogP contribution is 2.24. The summed E-state index contributed by atoms with van der Waals surface area (Å²) in [6.07, 6.45) is -0.319. The van der Waals surface area contributed by atoms with Gasteiger partial charge in [-0.15, -0.1) is 0 Å². The van der Waals surface area contributed by atoms with Crippen LogP contribution in [0.15, 0.2) is 0 Å². The van der Waals surface area contributed by atoms with Gasteiger partial charge in [0.1, 0.15) is 12.2 Å². The van der Waals surface area contributed by atoms with E-state index in [-0.39, 0.29) is 12.6 Å². The third-order valence-corrected chi connectivity index (χ3v) is 3.71. The van der Waals surface area contributed by atoms with Crippen LogP contribution >= 0.6 is 0 Å². The van der Waals surface area contributed by atoms with Crippen molar-refractivity contribution in [2.75, 3.05) is 13.2 Å². The third-order valence-electron chi connectivity index (χ3n) is 3.71. The Hall–Kier alpha value is -0.200. The third kappa shape index (κ3) is 3.17. The highest BCUT2D eigenvalue weighted by molar-refractivity contribution is 4.96. The smallest absolute Gasteiger partial charge is 0.109 e. The quantitative estimate of drug-likeness (QED) is 0.517. The van der Waals surface area contributed by atoms with Gasteiger partial charge in [0, 0.05) is 12.6 Å². The number of hydrogen-bond acceptors (Lipinski definition) is 5. The number of β-amino-alcohol motifs (C(OH)–C–C–N with tert-alkyl or cyclic N) is 1. The van der Waals surface area contributed by atoms with Gasteiger partial charge in [-0.05, 0) is 12.8 Å². The molecule has 4 N–H and O–H groups in total. The van der Waals surface area contributed by atoms with Gasteiger partial charge in [0.15, 0.2) is 0 Å². The summed E-state index contributed by atoms with van der Waals surface area (Å²) in [6, 6.07) is -0.251. The molecule has 102 valence electrons. The molecule has 5 heteroatoms. The Morgan fingerprint density at radius 2 is 1.82 bits per heavy atom. The summed E-state index contributed by atoms with van der Waals surface area (Å²) in [7, 11) is 0. The lowest BCUT2D eigenvalue weighted by Gasteiger charge is -2.46. The van der Waals surface area contributed by atoms with Gasteiger partial charge in [0.25, 0.3) is 0 Å². The Morgan fingerprint density at radius 3 is 2.29 bits per heavy atom. The normalized spacial score (nSPS) is 37.1. The Bertz CT molecular complexity index is 227. The molecule has 0 aromatic heterocycles. The summed E-state index contributed by atoms with van der Waals surface area (Å²) in [5.74, 6) is 0. The standard InChI is InChI=1S/C12H25NO4/c1-3-5-8(4-2)13-6-10(15)12(17)11(16)9(13)7-14/h8-12,14-17H,3-7H2,1-2H3/t8?,9?,10-,11+,12+/m0/s1. The van der Waals surface area contributed by atoms with Crippen LogP contribution < -0.4 is 0 Å². The minimum absolute atomic E-state index is 0.203. The van der Waals surface area contributed by atoms with Crippen LogP contribution in [0, 0.1) is 0 Å². The molecular formula is C12H25NO4. The highest BCUT2D eigenvalue weighted by atomic mass is 16.4. The molecule has 5 atom stereocenters. The molecule has 1 fully saturated rings. The van der Waals surface area contributed by atoms with Gasteiger partial charge < -0.3 is 20.4 Å². The molecule has 0 spiro atoms. The summed E-state index contributed by atoms with van der Waals surface area (Å²) in [6.45, 7) is 4.24. The lowest BCUT2D eigenvalue weighted by atomic mass is 9.91. The average molecular weight is 247 g/mol. The molecule has 1 aliphatic rings. The molecule has 1 heterocycles. The fourth-order valence-corrected chi connectivity index (χ4v) is 2.68. The first kappa shape index (κ1) is 14.9. The van der Waals surface area contributed by atoms with Crippen LogP contribution in [-0.2, 0) is 0 Å². The molecule has 1 saturated heterocycles. The first-order chi connectivity index (χ1) is 8.06. The zero-order valence-corrected chi connectivity index (χ0v) is 10.7. The monoisotopic (exact) mass is 247 g/mol.